The van der Waals surface area contributed by atoms with Gasteiger partial charge in [-0.05, 0) is 25.1 Å². The number of nitrogens with zero attached hydrogens (tertiary/aromatic N) is 3. The second-order valence-corrected chi connectivity index (χ2v) is 6.47. The van der Waals surface area contributed by atoms with Crippen molar-refractivity contribution in [2.75, 3.05) is 13.2 Å². The zero-order valence-electron chi connectivity index (χ0n) is 14.0. The van der Waals surface area contributed by atoms with Gasteiger partial charge >= 0.3 is 0 Å². The van der Waals surface area contributed by atoms with Crippen molar-refractivity contribution >= 4 is 34.9 Å². The molecule has 2 heterocycles. The maximum atomic E-state index is 12.2. The number of nitrogens with two attached hydrogens (primary N) is 1. The highest BCUT2D eigenvalue weighted by atomic mass is 35.5. The first-order valence-corrected chi connectivity index (χ1v) is 8.65. The fourth-order valence-electron chi connectivity index (χ4n) is 2.74. The van der Waals surface area contributed by atoms with Gasteiger partial charge < -0.3 is 16.2 Å². The third-order valence-corrected chi connectivity index (χ3v) is 4.49. The Morgan fingerprint density at radius 1 is 1.35 bits per heavy atom. The lowest BCUT2D eigenvalue weighted by Crippen LogP contribution is -2.26. The minimum atomic E-state index is -0.398. The average molecular weight is 394 g/mol. The van der Waals surface area contributed by atoms with Gasteiger partial charge in [0, 0.05) is 41.1 Å². The summed E-state index contributed by atoms with van der Waals surface area (Å²) in [4.78, 5) is 20.9. The minimum Gasteiger partial charge on any atom is -0.395 e. The summed E-state index contributed by atoms with van der Waals surface area (Å²) in [5.74, 6) is -0.0421. The quantitative estimate of drug-likeness (QED) is 0.615. The first-order valence-electron chi connectivity index (χ1n) is 7.89. The van der Waals surface area contributed by atoms with E-state index in [-0.39, 0.29) is 25.4 Å². The van der Waals surface area contributed by atoms with E-state index in [4.69, 9.17) is 34.0 Å². The smallest absolute Gasteiger partial charge is 0.271 e. The van der Waals surface area contributed by atoms with Gasteiger partial charge in [0.2, 0.25) is 5.78 Å². The van der Waals surface area contributed by atoms with Crippen LogP contribution in [0, 0.1) is 6.92 Å². The topological polar surface area (TPSA) is 106 Å². The maximum Gasteiger partial charge on any atom is 0.271 e. The van der Waals surface area contributed by atoms with Crippen molar-refractivity contribution in [3.63, 3.8) is 0 Å². The lowest BCUT2D eigenvalue weighted by atomic mass is 10.0. The molecule has 0 radical (unpaired) electrons. The number of fused-ring (bicyclic) bond motifs is 1. The van der Waals surface area contributed by atoms with Crippen LogP contribution in [0.3, 0.4) is 0 Å². The van der Waals surface area contributed by atoms with Gasteiger partial charge in [-0.25, -0.2) is 9.97 Å². The standard InChI is InChI=1S/C17H17Cl2N5O2/c1-9-12(7-20)15(11-3-2-10(18)6-13(11)19)24-8-14(23-17(24)22-9)16(26)21-4-5-25/h2-3,6,8,25H,4-5,7,20H2,1H3,(H,21,26). The zero-order valence-corrected chi connectivity index (χ0v) is 15.5. The molecule has 0 aliphatic heterocycles. The molecule has 3 rings (SSSR count). The fraction of sp³-hybridized carbons (Fsp3) is 0.235. The van der Waals surface area contributed by atoms with Gasteiger partial charge in [-0.3, -0.25) is 9.20 Å². The Kier molecular flexibility index (Phi) is 5.43. The van der Waals surface area contributed by atoms with Crippen LogP contribution in [0.4, 0.5) is 0 Å². The molecule has 4 N–H and O–H groups in total. The lowest BCUT2D eigenvalue weighted by Gasteiger charge is -2.14. The Hall–Kier alpha value is -2.19. The number of hydrogen-bond acceptors (Lipinski definition) is 5. The van der Waals surface area contributed by atoms with Crippen molar-refractivity contribution in [2.24, 2.45) is 5.73 Å². The fourth-order valence-corrected chi connectivity index (χ4v) is 3.23. The van der Waals surface area contributed by atoms with Crippen LogP contribution in [0.5, 0.6) is 0 Å². The highest BCUT2D eigenvalue weighted by Crippen LogP contribution is 2.33. The summed E-state index contributed by atoms with van der Waals surface area (Å²) >= 11 is 12.4. The molecule has 0 bridgehead atoms. The van der Waals surface area contributed by atoms with Crippen molar-refractivity contribution in [1.82, 2.24) is 19.7 Å². The van der Waals surface area contributed by atoms with Crippen LogP contribution in [0.2, 0.25) is 10.0 Å². The van der Waals surface area contributed by atoms with Crippen LogP contribution in [0.1, 0.15) is 21.7 Å². The maximum absolute atomic E-state index is 12.2. The Bertz CT molecular complexity index is 987. The first kappa shape index (κ1) is 18.6. The van der Waals surface area contributed by atoms with Gasteiger partial charge in [0.25, 0.3) is 5.91 Å². The van der Waals surface area contributed by atoms with Crippen molar-refractivity contribution in [3.05, 3.63) is 51.4 Å². The number of aliphatic hydroxyl groups excluding tert-OH is 1. The molecule has 7 nitrogen and oxygen atoms in total. The molecule has 0 atom stereocenters. The largest absolute Gasteiger partial charge is 0.395 e. The molecule has 9 heteroatoms. The minimum absolute atomic E-state index is 0.142. The third-order valence-electron chi connectivity index (χ3n) is 3.94. The van der Waals surface area contributed by atoms with E-state index in [1.165, 1.54) is 0 Å². The Labute approximate surface area is 159 Å². The van der Waals surface area contributed by atoms with Crippen LogP contribution in [-0.4, -0.2) is 38.5 Å². The molecule has 1 aromatic carbocycles. The number of amides is 1. The third kappa shape index (κ3) is 3.39. The average Bonchev–Trinajstić information content (AvgIpc) is 3.02. The molecule has 26 heavy (non-hydrogen) atoms. The molecule has 1 amide bonds. The Morgan fingerprint density at radius 3 is 2.77 bits per heavy atom. The summed E-state index contributed by atoms with van der Waals surface area (Å²) < 4.78 is 1.69. The normalized spacial score (nSPS) is 11.1. The van der Waals surface area contributed by atoms with E-state index in [0.717, 1.165) is 5.56 Å². The van der Waals surface area contributed by atoms with Gasteiger partial charge in [0.1, 0.15) is 5.69 Å². The van der Waals surface area contributed by atoms with Gasteiger partial charge in [-0.1, -0.05) is 23.2 Å². The molecule has 0 fully saturated rings. The van der Waals surface area contributed by atoms with Crippen molar-refractivity contribution in [2.45, 2.75) is 13.5 Å². The molecule has 3 aromatic rings. The SMILES string of the molecule is Cc1nc2nc(C(=O)NCCO)cn2c(-c2ccc(Cl)cc2Cl)c1CN. The number of rotatable bonds is 5. The molecule has 2 aromatic heterocycles. The second-order valence-electron chi connectivity index (χ2n) is 5.63. The van der Waals surface area contributed by atoms with E-state index < -0.39 is 5.91 Å². The lowest BCUT2D eigenvalue weighted by molar-refractivity contribution is 0.0940. The number of nitrogens with one attached hydrogen (secondary N) is 1. The summed E-state index contributed by atoms with van der Waals surface area (Å²) in [7, 11) is 0. The number of aromatic nitrogens is 3. The van der Waals surface area contributed by atoms with E-state index in [1.807, 2.05) is 6.92 Å². The van der Waals surface area contributed by atoms with E-state index in [9.17, 15) is 4.79 Å². The van der Waals surface area contributed by atoms with Gasteiger partial charge in [-0.2, -0.15) is 0 Å². The Morgan fingerprint density at radius 2 is 2.12 bits per heavy atom. The summed E-state index contributed by atoms with van der Waals surface area (Å²) in [6.45, 7) is 2.06. The number of hydrogen-bond donors (Lipinski definition) is 3. The summed E-state index contributed by atoms with van der Waals surface area (Å²) in [5, 5.41) is 12.4. The molecule has 0 aliphatic rings. The Balaban J connectivity index is 2.25. The predicted molar refractivity (Wildman–Crippen MR) is 100 cm³/mol. The van der Waals surface area contributed by atoms with E-state index in [0.29, 0.717) is 32.8 Å². The number of halogens is 2. The number of imidazole rings is 1. The van der Waals surface area contributed by atoms with Crippen LogP contribution in [-0.2, 0) is 6.54 Å². The number of aliphatic hydroxyl groups is 1. The van der Waals surface area contributed by atoms with E-state index in [1.54, 1.807) is 28.8 Å². The van der Waals surface area contributed by atoms with Crippen LogP contribution in [0.15, 0.2) is 24.4 Å². The molecule has 0 aliphatic carbocycles. The van der Waals surface area contributed by atoms with Crippen LogP contribution in [0.25, 0.3) is 17.0 Å². The zero-order chi connectivity index (χ0) is 18.8. The molecular weight excluding hydrogens is 377 g/mol. The summed E-state index contributed by atoms with van der Waals surface area (Å²) in [6.07, 6.45) is 1.58. The van der Waals surface area contributed by atoms with Gasteiger partial charge in [0.05, 0.1) is 17.3 Å². The molecule has 0 spiro atoms. The van der Waals surface area contributed by atoms with Crippen molar-refractivity contribution < 1.29 is 9.90 Å². The van der Waals surface area contributed by atoms with Crippen LogP contribution >= 0.6 is 23.2 Å². The monoisotopic (exact) mass is 393 g/mol. The van der Waals surface area contributed by atoms with Crippen molar-refractivity contribution in [1.29, 1.82) is 0 Å². The number of carbonyl (C=O) groups is 1. The molecule has 0 saturated carbocycles. The van der Waals surface area contributed by atoms with Crippen LogP contribution < -0.4 is 11.1 Å². The predicted octanol–water partition coefficient (Wildman–Crippen LogP) is 2.19. The number of aryl methyl sites for hydroxylation is 1. The molecule has 0 unspecified atom stereocenters. The highest BCUT2D eigenvalue weighted by molar-refractivity contribution is 6.36. The number of benzene rings is 1. The molecule has 136 valence electrons. The first-order chi connectivity index (χ1) is 12.5. The molecule has 0 saturated heterocycles. The van der Waals surface area contributed by atoms with Gasteiger partial charge in [-0.15, -0.1) is 0 Å². The van der Waals surface area contributed by atoms with E-state index >= 15 is 0 Å². The molecular formula is C17H17Cl2N5O2. The summed E-state index contributed by atoms with van der Waals surface area (Å²) in [6, 6.07) is 5.17. The summed E-state index contributed by atoms with van der Waals surface area (Å²) in [5.41, 5.74) is 9.05. The highest BCUT2D eigenvalue weighted by Gasteiger charge is 2.20. The van der Waals surface area contributed by atoms with Crippen molar-refractivity contribution in [3.8, 4) is 11.3 Å². The van der Waals surface area contributed by atoms with E-state index in [2.05, 4.69) is 15.3 Å². The number of carbonyl (C=O) groups excluding carboxylic acids is 1. The van der Waals surface area contributed by atoms with Gasteiger partial charge in [0.15, 0.2) is 0 Å². The second kappa shape index (κ2) is 7.59.